The minimum atomic E-state index is -0.928. The second kappa shape index (κ2) is 6.06. The van der Waals surface area contributed by atoms with Crippen molar-refractivity contribution >= 4 is 28.6 Å². The first-order valence-electron chi connectivity index (χ1n) is 4.88. The highest BCUT2D eigenvalue weighted by Gasteiger charge is 2.16. The van der Waals surface area contributed by atoms with Crippen LogP contribution >= 0.6 is 22.6 Å². The summed E-state index contributed by atoms with van der Waals surface area (Å²) in [5, 5.41) is 8.70. The van der Waals surface area contributed by atoms with Crippen LogP contribution in [0, 0.1) is 3.57 Å². The summed E-state index contributed by atoms with van der Waals surface area (Å²) in [5.41, 5.74) is 6.52. The van der Waals surface area contributed by atoms with Gasteiger partial charge in [0.25, 0.3) is 0 Å². The van der Waals surface area contributed by atoms with E-state index in [0.717, 1.165) is 9.13 Å². The summed E-state index contributed by atoms with van der Waals surface area (Å²) in [6.07, 6.45) is -0.119. The highest BCUT2D eigenvalue weighted by molar-refractivity contribution is 14.1. The number of carboxylic acids is 1. The Morgan fingerprint density at radius 3 is 2.59 bits per heavy atom. The van der Waals surface area contributed by atoms with Crippen LogP contribution in [0.1, 0.15) is 18.0 Å². The lowest BCUT2D eigenvalue weighted by Crippen LogP contribution is -2.15. The number of nitrogens with two attached hydrogens (primary N) is 1. The first-order chi connectivity index (χ1) is 7.99. The zero-order chi connectivity index (χ0) is 13.0. The minimum Gasteiger partial charge on any atom is -0.493 e. The lowest BCUT2D eigenvalue weighted by Gasteiger charge is -2.15. The predicted molar refractivity (Wildman–Crippen MR) is 71.4 cm³/mol. The first kappa shape index (κ1) is 14.0. The molecule has 0 saturated carbocycles. The molecule has 0 aromatic heterocycles. The Morgan fingerprint density at radius 2 is 2.12 bits per heavy atom. The van der Waals surface area contributed by atoms with Crippen molar-refractivity contribution in [2.24, 2.45) is 5.73 Å². The van der Waals surface area contributed by atoms with Gasteiger partial charge in [-0.05, 0) is 40.3 Å². The van der Waals surface area contributed by atoms with Crippen LogP contribution in [0.5, 0.6) is 11.5 Å². The monoisotopic (exact) mass is 351 g/mol. The molecule has 0 heterocycles. The molecule has 0 radical (unpaired) electrons. The van der Waals surface area contributed by atoms with Gasteiger partial charge in [0.15, 0.2) is 11.5 Å². The summed E-state index contributed by atoms with van der Waals surface area (Å²) in [6, 6.07) is 2.95. The van der Waals surface area contributed by atoms with Gasteiger partial charge in [0.05, 0.1) is 24.2 Å². The Bertz CT molecular complexity index is 422. The van der Waals surface area contributed by atoms with Gasteiger partial charge >= 0.3 is 5.97 Å². The van der Waals surface area contributed by atoms with E-state index in [-0.39, 0.29) is 6.42 Å². The van der Waals surface area contributed by atoms with Crippen LogP contribution in [-0.2, 0) is 4.79 Å². The average molecular weight is 351 g/mol. The molecule has 0 spiro atoms. The van der Waals surface area contributed by atoms with Gasteiger partial charge in [-0.1, -0.05) is 0 Å². The first-order valence-corrected chi connectivity index (χ1v) is 5.96. The summed E-state index contributed by atoms with van der Waals surface area (Å²) < 4.78 is 11.2. The van der Waals surface area contributed by atoms with Crippen LogP contribution in [0.25, 0.3) is 0 Å². The van der Waals surface area contributed by atoms with E-state index in [4.69, 9.17) is 20.3 Å². The Balaban J connectivity index is 3.10. The predicted octanol–water partition coefficient (Wildman–Crippen LogP) is 1.78. The van der Waals surface area contributed by atoms with Gasteiger partial charge in [-0.15, -0.1) is 0 Å². The largest absolute Gasteiger partial charge is 0.493 e. The van der Waals surface area contributed by atoms with Crippen molar-refractivity contribution in [3.05, 3.63) is 21.3 Å². The lowest BCUT2D eigenvalue weighted by atomic mass is 10.0. The molecule has 1 atom stereocenters. The minimum absolute atomic E-state index is 0.119. The molecule has 1 unspecified atom stereocenters. The Morgan fingerprint density at radius 1 is 1.47 bits per heavy atom. The molecule has 0 aliphatic rings. The van der Waals surface area contributed by atoms with Crippen LogP contribution in [0.2, 0.25) is 0 Å². The Kier molecular flexibility index (Phi) is 5.01. The van der Waals surface area contributed by atoms with Crippen LogP contribution < -0.4 is 15.2 Å². The van der Waals surface area contributed by atoms with Gasteiger partial charge in [-0.3, -0.25) is 4.79 Å². The van der Waals surface area contributed by atoms with E-state index in [0.29, 0.717) is 11.5 Å². The molecule has 0 fully saturated rings. The van der Waals surface area contributed by atoms with Crippen LogP contribution in [-0.4, -0.2) is 25.3 Å². The number of aliphatic carboxylic acids is 1. The molecule has 94 valence electrons. The molecule has 0 bridgehead atoms. The quantitative estimate of drug-likeness (QED) is 0.791. The number of hydrogen-bond donors (Lipinski definition) is 2. The van der Waals surface area contributed by atoms with Crippen molar-refractivity contribution in [2.75, 3.05) is 14.2 Å². The Labute approximate surface area is 113 Å². The molecular weight excluding hydrogens is 337 g/mol. The van der Waals surface area contributed by atoms with Gasteiger partial charge < -0.3 is 20.3 Å². The van der Waals surface area contributed by atoms with Gasteiger partial charge in [0, 0.05) is 6.04 Å². The number of hydrogen-bond acceptors (Lipinski definition) is 4. The number of benzene rings is 1. The highest BCUT2D eigenvalue weighted by atomic mass is 127. The normalized spacial score (nSPS) is 12.0. The number of carboxylic acid groups (broad SMARTS) is 1. The fourth-order valence-electron chi connectivity index (χ4n) is 1.46. The molecule has 0 amide bonds. The van der Waals surface area contributed by atoms with Gasteiger partial charge in [-0.25, -0.2) is 0 Å². The third-order valence-corrected chi connectivity index (χ3v) is 3.08. The molecule has 0 saturated heterocycles. The Hall–Kier alpha value is -1.02. The van der Waals surface area contributed by atoms with E-state index in [1.165, 1.54) is 7.11 Å². The highest BCUT2D eigenvalue weighted by Crippen LogP contribution is 2.35. The molecule has 0 aliphatic carbocycles. The molecule has 6 heteroatoms. The number of rotatable bonds is 5. The number of carbonyl (C=O) groups is 1. The summed E-state index contributed by atoms with van der Waals surface area (Å²) in [6.45, 7) is 0. The smallest absolute Gasteiger partial charge is 0.305 e. The lowest BCUT2D eigenvalue weighted by molar-refractivity contribution is -0.137. The van der Waals surface area contributed by atoms with E-state index >= 15 is 0 Å². The zero-order valence-electron chi connectivity index (χ0n) is 9.57. The van der Waals surface area contributed by atoms with Gasteiger partial charge in [-0.2, -0.15) is 0 Å². The van der Waals surface area contributed by atoms with Crippen molar-refractivity contribution < 1.29 is 19.4 Å². The van der Waals surface area contributed by atoms with Crippen molar-refractivity contribution in [3.8, 4) is 11.5 Å². The van der Waals surface area contributed by atoms with Crippen LogP contribution in [0.3, 0.4) is 0 Å². The molecular formula is C11H14INO4. The zero-order valence-corrected chi connectivity index (χ0v) is 11.7. The second-order valence-electron chi connectivity index (χ2n) is 3.44. The van der Waals surface area contributed by atoms with Crippen molar-refractivity contribution in [2.45, 2.75) is 12.5 Å². The topological polar surface area (TPSA) is 81.8 Å². The molecule has 1 aromatic carbocycles. The summed E-state index contributed by atoms with van der Waals surface area (Å²) in [5.74, 6) is 0.247. The average Bonchev–Trinajstić information content (AvgIpc) is 2.26. The van der Waals surface area contributed by atoms with Crippen LogP contribution in [0.15, 0.2) is 12.1 Å². The van der Waals surface area contributed by atoms with E-state index < -0.39 is 12.0 Å². The standard InChI is InChI=1S/C11H14INO4/c1-16-9-4-6(8(13)5-10(14)15)3-7(12)11(9)17-2/h3-4,8H,5,13H2,1-2H3,(H,14,15). The second-order valence-corrected chi connectivity index (χ2v) is 4.60. The van der Waals surface area contributed by atoms with Crippen molar-refractivity contribution in [1.29, 1.82) is 0 Å². The van der Waals surface area contributed by atoms with Gasteiger partial charge in [0.2, 0.25) is 0 Å². The molecule has 17 heavy (non-hydrogen) atoms. The SMILES string of the molecule is COc1cc(C(N)CC(=O)O)cc(I)c1OC. The van der Waals surface area contributed by atoms with E-state index in [1.807, 2.05) is 0 Å². The summed E-state index contributed by atoms with van der Waals surface area (Å²) >= 11 is 2.09. The third kappa shape index (κ3) is 3.47. The third-order valence-electron chi connectivity index (χ3n) is 2.28. The summed E-state index contributed by atoms with van der Waals surface area (Å²) in [4.78, 5) is 10.6. The molecule has 1 rings (SSSR count). The van der Waals surface area contributed by atoms with E-state index in [1.54, 1.807) is 19.2 Å². The molecule has 1 aromatic rings. The van der Waals surface area contributed by atoms with E-state index in [2.05, 4.69) is 22.6 Å². The van der Waals surface area contributed by atoms with E-state index in [9.17, 15) is 4.79 Å². The van der Waals surface area contributed by atoms with Crippen LogP contribution in [0.4, 0.5) is 0 Å². The van der Waals surface area contributed by atoms with Crippen molar-refractivity contribution in [3.63, 3.8) is 0 Å². The van der Waals surface area contributed by atoms with Crippen molar-refractivity contribution in [1.82, 2.24) is 0 Å². The molecule has 3 N–H and O–H groups in total. The summed E-state index contributed by atoms with van der Waals surface area (Å²) in [7, 11) is 3.08. The van der Waals surface area contributed by atoms with Gasteiger partial charge in [0.1, 0.15) is 0 Å². The molecule has 5 nitrogen and oxygen atoms in total. The molecule has 0 aliphatic heterocycles. The maximum Gasteiger partial charge on any atom is 0.305 e. The number of methoxy groups -OCH3 is 2. The fourth-order valence-corrected chi connectivity index (χ4v) is 2.30. The fraction of sp³-hybridized carbons (Fsp3) is 0.364. The number of ether oxygens (including phenoxy) is 2. The maximum absolute atomic E-state index is 10.6. The maximum atomic E-state index is 10.6. The number of halogens is 1.